The number of hydrogen-bond donors (Lipinski definition) is 2. The van der Waals surface area contributed by atoms with E-state index in [-0.39, 0.29) is 11.9 Å². The van der Waals surface area contributed by atoms with E-state index < -0.39 is 0 Å². The minimum atomic E-state index is -0.148. The molecule has 0 radical (unpaired) electrons. The minimum absolute atomic E-state index is 0.107. The van der Waals surface area contributed by atoms with E-state index in [9.17, 15) is 4.79 Å². The molecule has 1 amide bonds. The number of amides is 1. The fourth-order valence-electron chi connectivity index (χ4n) is 1.27. The van der Waals surface area contributed by atoms with Crippen LogP contribution in [0, 0.1) is 0 Å². The van der Waals surface area contributed by atoms with Crippen molar-refractivity contribution in [3.63, 3.8) is 0 Å². The van der Waals surface area contributed by atoms with Crippen molar-refractivity contribution in [2.45, 2.75) is 19.9 Å². The zero-order valence-electron chi connectivity index (χ0n) is 11.4. The number of anilines is 1. The van der Waals surface area contributed by atoms with E-state index in [0.29, 0.717) is 11.5 Å². The van der Waals surface area contributed by atoms with Crippen LogP contribution in [-0.4, -0.2) is 54.0 Å². The molecule has 1 aromatic rings. The maximum Gasteiger partial charge on any atom is 0.254 e. The average Bonchev–Trinajstić information content (AvgIpc) is 2.28. The lowest BCUT2D eigenvalue weighted by Gasteiger charge is -2.10. The van der Waals surface area contributed by atoms with Crippen molar-refractivity contribution in [2.75, 3.05) is 32.5 Å². The van der Waals surface area contributed by atoms with Gasteiger partial charge in [-0.3, -0.25) is 4.79 Å². The molecule has 0 aromatic carbocycles. The standard InChI is InChI=1S/C12H21N5O/c1-9(2)16-11(18)10-7-14-12(15-8-10)13-5-6-17(3)4/h7-9H,5-6H2,1-4H3,(H,16,18)(H,13,14,15). The van der Waals surface area contributed by atoms with Crippen LogP contribution in [0.4, 0.5) is 5.95 Å². The lowest BCUT2D eigenvalue weighted by atomic mass is 10.3. The second-order valence-electron chi connectivity index (χ2n) is 4.65. The van der Waals surface area contributed by atoms with Crippen LogP contribution in [0.25, 0.3) is 0 Å². The Morgan fingerprint density at radius 2 is 1.94 bits per heavy atom. The highest BCUT2D eigenvalue weighted by atomic mass is 16.1. The van der Waals surface area contributed by atoms with Gasteiger partial charge in [0.2, 0.25) is 5.95 Å². The van der Waals surface area contributed by atoms with Gasteiger partial charge in [-0.1, -0.05) is 0 Å². The predicted octanol–water partition coefficient (Wildman–Crippen LogP) is 0.588. The van der Waals surface area contributed by atoms with Crippen LogP contribution >= 0.6 is 0 Å². The van der Waals surface area contributed by atoms with Crippen LogP contribution in [-0.2, 0) is 0 Å². The van der Waals surface area contributed by atoms with Crippen molar-refractivity contribution in [1.29, 1.82) is 0 Å². The molecule has 0 spiro atoms. The molecule has 1 rings (SSSR count). The Morgan fingerprint density at radius 3 is 2.44 bits per heavy atom. The molecule has 0 saturated heterocycles. The molecule has 6 nitrogen and oxygen atoms in total. The van der Waals surface area contributed by atoms with E-state index in [1.165, 1.54) is 12.4 Å². The Labute approximate surface area is 108 Å². The third kappa shape index (κ3) is 5.09. The molecule has 2 N–H and O–H groups in total. The Bertz CT molecular complexity index is 375. The molecule has 100 valence electrons. The summed E-state index contributed by atoms with van der Waals surface area (Å²) in [4.78, 5) is 21.9. The van der Waals surface area contributed by atoms with E-state index in [1.54, 1.807) is 0 Å². The molecule has 0 bridgehead atoms. The topological polar surface area (TPSA) is 70.2 Å². The quantitative estimate of drug-likeness (QED) is 0.774. The molecule has 0 saturated carbocycles. The smallest absolute Gasteiger partial charge is 0.254 e. The zero-order chi connectivity index (χ0) is 13.5. The van der Waals surface area contributed by atoms with Crippen LogP contribution in [0.2, 0.25) is 0 Å². The summed E-state index contributed by atoms with van der Waals surface area (Å²) in [5, 5.41) is 5.88. The van der Waals surface area contributed by atoms with Crippen LogP contribution in [0.15, 0.2) is 12.4 Å². The van der Waals surface area contributed by atoms with Gasteiger partial charge in [-0.25, -0.2) is 9.97 Å². The summed E-state index contributed by atoms with van der Waals surface area (Å²) >= 11 is 0. The second-order valence-corrected chi connectivity index (χ2v) is 4.65. The first-order valence-electron chi connectivity index (χ1n) is 6.00. The number of carbonyl (C=O) groups excluding carboxylic acids is 1. The van der Waals surface area contributed by atoms with Crippen molar-refractivity contribution in [3.8, 4) is 0 Å². The van der Waals surface area contributed by atoms with Gasteiger partial charge in [0, 0.05) is 31.5 Å². The van der Waals surface area contributed by atoms with E-state index in [1.807, 2.05) is 27.9 Å². The van der Waals surface area contributed by atoms with Gasteiger partial charge in [0.25, 0.3) is 5.91 Å². The van der Waals surface area contributed by atoms with E-state index in [2.05, 4.69) is 25.5 Å². The van der Waals surface area contributed by atoms with E-state index in [4.69, 9.17) is 0 Å². The molecule has 0 aliphatic heterocycles. The van der Waals surface area contributed by atoms with E-state index in [0.717, 1.165) is 13.1 Å². The first kappa shape index (κ1) is 14.4. The third-order valence-corrected chi connectivity index (χ3v) is 2.18. The van der Waals surface area contributed by atoms with Gasteiger partial charge >= 0.3 is 0 Å². The molecule has 0 aliphatic carbocycles. The number of carbonyl (C=O) groups is 1. The van der Waals surface area contributed by atoms with Gasteiger partial charge in [-0.2, -0.15) is 0 Å². The number of nitrogens with zero attached hydrogens (tertiary/aromatic N) is 3. The lowest BCUT2D eigenvalue weighted by Crippen LogP contribution is -2.30. The molecular weight excluding hydrogens is 230 g/mol. The van der Waals surface area contributed by atoms with E-state index >= 15 is 0 Å². The van der Waals surface area contributed by atoms with Crippen molar-refractivity contribution in [2.24, 2.45) is 0 Å². The normalized spacial score (nSPS) is 10.8. The summed E-state index contributed by atoms with van der Waals surface area (Å²) in [7, 11) is 4.00. The summed E-state index contributed by atoms with van der Waals surface area (Å²) in [6.07, 6.45) is 3.06. The maximum absolute atomic E-state index is 11.7. The summed E-state index contributed by atoms with van der Waals surface area (Å²) in [5.74, 6) is 0.391. The highest BCUT2D eigenvalue weighted by molar-refractivity contribution is 5.93. The average molecular weight is 251 g/mol. The summed E-state index contributed by atoms with van der Waals surface area (Å²) in [6.45, 7) is 5.50. The molecule has 6 heteroatoms. The number of likely N-dealkylation sites (N-methyl/N-ethyl adjacent to an activating group) is 1. The molecular formula is C12H21N5O. The van der Waals surface area contributed by atoms with Crippen LogP contribution in [0.5, 0.6) is 0 Å². The first-order chi connectivity index (χ1) is 8.49. The Balaban J connectivity index is 2.49. The zero-order valence-corrected chi connectivity index (χ0v) is 11.4. The van der Waals surface area contributed by atoms with Crippen LogP contribution in [0.1, 0.15) is 24.2 Å². The fraction of sp³-hybridized carbons (Fsp3) is 0.583. The van der Waals surface area contributed by atoms with Crippen molar-refractivity contribution >= 4 is 11.9 Å². The molecule has 1 heterocycles. The Morgan fingerprint density at radius 1 is 1.33 bits per heavy atom. The summed E-state index contributed by atoms with van der Waals surface area (Å²) < 4.78 is 0. The van der Waals surface area contributed by atoms with Gasteiger partial charge in [0.1, 0.15) is 0 Å². The fourth-order valence-corrected chi connectivity index (χ4v) is 1.27. The summed E-state index contributed by atoms with van der Waals surface area (Å²) in [5.41, 5.74) is 0.474. The third-order valence-electron chi connectivity index (χ3n) is 2.18. The highest BCUT2D eigenvalue weighted by Crippen LogP contribution is 2.00. The highest BCUT2D eigenvalue weighted by Gasteiger charge is 2.07. The van der Waals surface area contributed by atoms with Crippen LogP contribution < -0.4 is 10.6 Å². The van der Waals surface area contributed by atoms with Gasteiger partial charge < -0.3 is 15.5 Å². The molecule has 18 heavy (non-hydrogen) atoms. The second kappa shape index (κ2) is 6.90. The number of nitrogens with one attached hydrogen (secondary N) is 2. The number of rotatable bonds is 6. The van der Waals surface area contributed by atoms with Gasteiger partial charge in [-0.15, -0.1) is 0 Å². The first-order valence-corrected chi connectivity index (χ1v) is 6.00. The summed E-state index contributed by atoms with van der Waals surface area (Å²) in [6, 6.07) is 0.107. The van der Waals surface area contributed by atoms with Crippen molar-refractivity contribution in [3.05, 3.63) is 18.0 Å². The van der Waals surface area contributed by atoms with Gasteiger partial charge in [0.15, 0.2) is 0 Å². The molecule has 0 aliphatic rings. The Kier molecular flexibility index (Phi) is 5.51. The predicted molar refractivity (Wildman–Crippen MR) is 71.7 cm³/mol. The molecule has 0 unspecified atom stereocenters. The monoisotopic (exact) mass is 251 g/mol. The number of aromatic nitrogens is 2. The lowest BCUT2D eigenvalue weighted by molar-refractivity contribution is 0.0942. The molecule has 0 atom stereocenters. The minimum Gasteiger partial charge on any atom is -0.353 e. The van der Waals surface area contributed by atoms with Gasteiger partial charge in [0.05, 0.1) is 5.56 Å². The van der Waals surface area contributed by atoms with Crippen molar-refractivity contribution < 1.29 is 4.79 Å². The molecule has 1 aromatic heterocycles. The Hall–Kier alpha value is -1.69. The van der Waals surface area contributed by atoms with Crippen LogP contribution in [0.3, 0.4) is 0 Å². The number of hydrogen-bond acceptors (Lipinski definition) is 5. The van der Waals surface area contributed by atoms with Gasteiger partial charge in [-0.05, 0) is 27.9 Å². The van der Waals surface area contributed by atoms with Crippen molar-refractivity contribution in [1.82, 2.24) is 20.2 Å². The molecule has 0 fully saturated rings. The largest absolute Gasteiger partial charge is 0.353 e. The maximum atomic E-state index is 11.7. The SMILES string of the molecule is CC(C)NC(=O)c1cnc(NCCN(C)C)nc1.